The number of nitrogens with two attached hydrogens (primary N) is 1. The van der Waals surface area contributed by atoms with Crippen LogP contribution in [0.5, 0.6) is 0 Å². The molecule has 1 heterocycles. The van der Waals surface area contributed by atoms with E-state index < -0.39 is 0 Å². The van der Waals surface area contributed by atoms with Crippen LogP contribution in [0.2, 0.25) is 0 Å². The Bertz CT molecular complexity index is 378. The number of unbranched alkanes of at least 4 members (excludes halogenated alkanes) is 3. The minimum absolute atomic E-state index is 0.436. The summed E-state index contributed by atoms with van der Waals surface area (Å²) in [4.78, 5) is 4.80. The van der Waals surface area contributed by atoms with Crippen LogP contribution in [0.3, 0.4) is 0 Å². The number of aromatic nitrogens is 2. The van der Waals surface area contributed by atoms with Gasteiger partial charge in [0.2, 0.25) is 0 Å². The van der Waals surface area contributed by atoms with Gasteiger partial charge in [-0.1, -0.05) is 53.9 Å². The molecule has 0 unspecified atom stereocenters. The Morgan fingerprint density at radius 3 is 2.32 bits per heavy atom. The molecule has 0 radical (unpaired) electrons. The van der Waals surface area contributed by atoms with Crippen molar-refractivity contribution in [2.75, 3.05) is 5.73 Å². The number of nitrogen functional groups attached to an aromatic ring is 1. The maximum absolute atomic E-state index is 6.31. The predicted octanol–water partition coefficient (Wildman–Crippen LogP) is 4.37. The molecule has 3 heteroatoms. The summed E-state index contributed by atoms with van der Waals surface area (Å²) in [6.45, 7) is 12.1. The summed E-state index contributed by atoms with van der Waals surface area (Å²) in [5.41, 5.74) is 7.42. The van der Waals surface area contributed by atoms with Gasteiger partial charge in [0, 0.05) is 12.5 Å². The Morgan fingerprint density at radius 1 is 1.11 bits per heavy atom. The van der Waals surface area contributed by atoms with E-state index in [-0.39, 0.29) is 0 Å². The smallest absolute Gasteiger partial charge is 0.126 e. The Morgan fingerprint density at radius 2 is 1.79 bits per heavy atom. The van der Waals surface area contributed by atoms with E-state index in [1.165, 1.54) is 25.7 Å². The zero-order valence-corrected chi connectivity index (χ0v) is 13.4. The van der Waals surface area contributed by atoms with Crippen molar-refractivity contribution in [3.8, 4) is 0 Å². The van der Waals surface area contributed by atoms with Crippen LogP contribution in [0.1, 0.15) is 77.7 Å². The van der Waals surface area contributed by atoms with Crippen LogP contribution in [0.15, 0.2) is 0 Å². The number of hydrogen-bond acceptors (Lipinski definition) is 2. The first-order valence-electron chi connectivity index (χ1n) is 7.82. The minimum Gasteiger partial charge on any atom is -0.384 e. The summed E-state index contributed by atoms with van der Waals surface area (Å²) in [7, 11) is 0. The van der Waals surface area contributed by atoms with Gasteiger partial charge < -0.3 is 10.3 Å². The van der Waals surface area contributed by atoms with Crippen LogP contribution in [0, 0.1) is 5.92 Å². The molecule has 1 aromatic heterocycles. The van der Waals surface area contributed by atoms with Crippen LogP contribution in [0.25, 0.3) is 0 Å². The first-order chi connectivity index (χ1) is 8.97. The molecule has 0 aromatic carbocycles. The van der Waals surface area contributed by atoms with Crippen molar-refractivity contribution in [3.63, 3.8) is 0 Å². The lowest BCUT2D eigenvalue weighted by molar-refractivity contribution is 0.502. The molecule has 0 spiro atoms. The minimum atomic E-state index is 0.436. The molecule has 0 bridgehead atoms. The second-order valence-electron chi connectivity index (χ2n) is 6.27. The normalized spacial score (nSPS) is 11.7. The highest BCUT2D eigenvalue weighted by Gasteiger charge is 2.17. The van der Waals surface area contributed by atoms with Gasteiger partial charge in [0.05, 0.1) is 5.69 Å². The standard InChI is InChI=1S/C16H31N3/c1-6-7-8-9-10-14-15(17)19(11-12(2)3)16(18-14)13(4)5/h12-13H,6-11,17H2,1-5H3. The van der Waals surface area contributed by atoms with Crippen molar-refractivity contribution in [3.05, 3.63) is 11.5 Å². The van der Waals surface area contributed by atoms with Gasteiger partial charge in [-0.25, -0.2) is 4.98 Å². The number of hydrogen-bond donors (Lipinski definition) is 1. The average Bonchev–Trinajstić information content (AvgIpc) is 2.63. The van der Waals surface area contributed by atoms with Crippen molar-refractivity contribution in [1.82, 2.24) is 9.55 Å². The predicted molar refractivity (Wildman–Crippen MR) is 83.4 cm³/mol. The monoisotopic (exact) mass is 265 g/mol. The van der Waals surface area contributed by atoms with Crippen LogP contribution in [0.4, 0.5) is 5.82 Å². The van der Waals surface area contributed by atoms with Crippen LogP contribution in [-0.2, 0) is 13.0 Å². The fourth-order valence-electron chi connectivity index (χ4n) is 2.44. The third-order valence-corrected chi connectivity index (χ3v) is 3.44. The van der Waals surface area contributed by atoms with Gasteiger partial charge in [-0.05, 0) is 18.8 Å². The van der Waals surface area contributed by atoms with Gasteiger partial charge in [-0.15, -0.1) is 0 Å². The second-order valence-corrected chi connectivity index (χ2v) is 6.27. The quantitative estimate of drug-likeness (QED) is 0.709. The van der Waals surface area contributed by atoms with E-state index in [1.54, 1.807) is 0 Å². The highest BCUT2D eigenvalue weighted by atomic mass is 15.1. The lowest BCUT2D eigenvalue weighted by atomic mass is 10.1. The highest BCUT2D eigenvalue weighted by molar-refractivity contribution is 5.39. The summed E-state index contributed by atoms with van der Waals surface area (Å²) in [5.74, 6) is 3.08. The maximum Gasteiger partial charge on any atom is 0.126 e. The number of aryl methyl sites for hydroxylation is 1. The van der Waals surface area contributed by atoms with Crippen molar-refractivity contribution in [2.45, 2.75) is 79.2 Å². The Labute approximate surface area is 118 Å². The van der Waals surface area contributed by atoms with Crippen molar-refractivity contribution in [2.24, 2.45) is 5.92 Å². The molecule has 2 N–H and O–H groups in total. The summed E-state index contributed by atoms with van der Waals surface area (Å²) in [6.07, 6.45) is 6.09. The van der Waals surface area contributed by atoms with E-state index in [9.17, 15) is 0 Å². The van der Waals surface area contributed by atoms with E-state index in [0.717, 1.165) is 30.3 Å². The van der Waals surface area contributed by atoms with Crippen LogP contribution >= 0.6 is 0 Å². The Hall–Kier alpha value is -0.990. The number of rotatable bonds is 8. The lowest BCUT2D eigenvalue weighted by Crippen LogP contribution is -2.12. The van der Waals surface area contributed by atoms with Gasteiger partial charge in [-0.3, -0.25) is 0 Å². The van der Waals surface area contributed by atoms with Crippen molar-refractivity contribution < 1.29 is 0 Å². The first-order valence-corrected chi connectivity index (χ1v) is 7.82. The highest BCUT2D eigenvalue weighted by Crippen LogP contribution is 2.24. The van der Waals surface area contributed by atoms with E-state index in [0.29, 0.717) is 11.8 Å². The van der Waals surface area contributed by atoms with Crippen molar-refractivity contribution in [1.29, 1.82) is 0 Å². The van der Waals surface area contributed by atoms with E-state index >= 15 is 0 Å². The summed E-state index contributed by atoms with van der Waals surface area (Å²) in [6, 6.07) is 0. The second kappa shape index (κ2) is 7.56. The third-order valence-electron chi connectivity index (χ3n) is 3.44. The number of nitrogens with zero attached hydrogens (tertiary/aromatic N) is 2. The van der Waals surface area contributed by atoms with E-state index in [2.05, 4.69) is 39.2 Å². The molecule has 0 amide bonds. The maximum atomic E-state index is 6.31. The molecule has 0 aliphatic rings. The van der Waals surface area contributed by atoms with E-state index in [4.69, 9.17) is 10.7 Å². The molecule has 110 valence electrons. The first kappa shape index (κ1) is 16.1. The van der Waals surface area contributed by atoms with Gasteiger partial charge in [-0.2, -0.15) is 0 Å². The number of anilines is 1. The number of imidazole rings is 1. The fourth-order valence-corrected chi connectivity index (χ4v) is 2.44. The lowest BCUT2D eigenvalue weighted by Gasteiger charge is -2.14. The molecule has 0 saturated carbocycles. The molecule has 19 heavy (non-hydrogen) atoms. The molecule has 1 aromatic rings. The van der Waals surface area contributed by atoms with Crippen molar-refractivity contribution >= 4 is 5.82 Å². The van der Waals surface area contributed by atoms with Gasteiger partial charge in [0.25, 0.3) is 0 Å². The molecule has 0 fully saturated rings. The molecule has 0 atom stereocenters. The van der Waals surface area contributed by atoms with E-state index in [1.807, 2.05) is 0 Å². The molecule has 1 rings (SSSR count). The SMILES string of the molecule is CCCCCCc1nc(C(C)C)n(CC(C)C)c1N. The summed E-state index contributed by atoms with van der Waals surface area (Å²) in [5, 5.41) is 0. The third kappa shape index (κ3) is 4.55. The molecular weight excluding hydrogens is 234 g/mol. The average molecular weight is 265 g/mol. The molecule has 3 nitrogen and oxygen atoms in total. The van der Waals surface area contributed by atoms with Gasteiger partial charge in [0.15, 0.2) is 0 Å². The van der Waals surface area contributed by atoms with Gasteiger partial charge >= 0.3 is 0 Å². The Balaban J connectivity index is 2.82. The molecule has 0 saturated heterocycles. The summed E-state index contributed by atoms with van der Waals surface area (Å²) < 4.78 is 2.23. The Kier molecular flexibility index (Phi) is 6.40. The van der Waals surface area contributed by atoms with Gasteiger partial charge in [0.1, 0.15) is 11.6 Å². The largest absolute Gasteiger partial charge is 0.384 e. The summed E-state index contributed by atoms with van der Waals surface area (Å²) >= 11 is 0. The zero-order valence-electron chi connectivity index (χ0n) is 13.4. The zero-order chi connectivity index (χ0) is 14.4. The molecule has 0 aliphatic heterocycles. The fraction of sp³-hybridized carbons (Fsp3) is 0.812. The molecule has 0 aliphatic carbocycles. The van der Waals surface area contributed by atoms with Crippen LogP contribution in [-0.4, -0.2) is 9.55 Å². The van der Waals surface area contributed by atoms with Crippen LogP contribution < -0.4 is 5.73 Å². The molecular formula is C16H31N3. The topological polar surface area (TPSA) is 43.8 Å².